The molecule has 0 amide bonds. The molecule has 0 aromatic carbocycles. The van der Waals surface area contributed by atoms with Crippen molar-refractivity contribution >= 4 is 20.0 Å². The molecule has 0 radical (unpaired) electrons. The average Bonchev–Trinajstić information content (AvgIpc) is 2.25. The third kappa shape index (κ3) is 5.72. The van der Waals surface area contributed by atoms with Gasteiger partial charge < -0.3 is 14.3 Å². The molecule has 5 nitrogen and oxygen atoms in total. The molecule has 0 aliphatic carbocycles. The van der Waals surface area contributed by atoms with Crippen molar-refractivity contribution in [1.82, 2.24) is 0 Å². The maximum atomic E-state index is 11.4. The number of hydrogen-bond acceptors (Lipinski definition) is 5. The first-order chi connectivity index (χ1) is 8.92. The van der Waals surface area contributed by atoms with Crippen molar-refractivity contribution in [2.75, 3.05) is 6.61 Å². The maximum absolute atomic E-state index is 11.4. The molecule has 0 aromatic rings. The summed E-state index contributed by atoms with van der Waals surface area (Å²) < 4.78 is 10.8. The largest absolute Gasteiger partial charge is 0.562 e. The van der Waals surface area contributed by atoms with Crippen LogP contribution in [0, 0.1) is 5.41 Å². The number of ether oxygens (including phenoxy) is 1. The second-order valence-corrected chi connectivity index (χ2v) is 11.3. The topological polar surface area (TPSA) is 79.6 Å². The Labute approximate surface area is 123 Å². The lowest BCUT2D eigenvalue weighted by molar-refractivity contribution is -0.135. The van der Waals surface area contributed by atoms with E-state index in [1.165, 1.54) is 0 Å². The molecule has 2 atom stereocenters. The lowest BCUT2D eigenvalue weighted by Gasteiger charge is -2.50. The van der Waals surface area contributed by atoms with Crippen molar-refractivity contribution in [3.05, 3.63) is 0 Å². The van der Waals surface area contributed by atoms with Crippen molar-refractivity contribution in [2.45, 2.75) is 71.4 Å². The van der Waals surface area contributed by atoms with Gasteiger partial charge in [0, 0.05) is 12.5 Å². The monoisotopic (exact) mass is 303 g/mol. The van der Waals surface area contributed by atoms with Gasteiger partial charge in [-0.2, -0.15) is 0 Å². The molecule has 0 rings (SSSR count). The molecule has 2 N–H and O–H groups in total. The van der Waals surface area contributed by atoms with Gasteiger partial charge in [0.15, 0.2) is 0 Å². The second-order valence-electron chi connectivity index (χ2n) is 6.57. The highest BCUT2D eigenvalue weighted by atomic mass is 28.4. The van der Waals surface area contributed by atoms with Crippen molar-refractivity contribution < 1.29 is 19.1 Å². The first-order valence-electron chi connectivity index (χ1n) is 7.03. The minimum atomic E-state index is -1.91. The summed E-state index contributed by atoms with van der Waals surface area (Å²) in [5, 5.41) is 17.6. The number of aliphatic hydroxyl groups is 1. The van der Waals surface area contributed by atoms with Crippen LogP contribution in [0.4, 0.5) is 0 Å². The SMILES string of the molecule is CCOC(=O)C(=N)C(O)CC(C)O[Si-](C)(C)C(C)(C)C. The fraction of sp³-hybridized carbons (Fsp3) is 0.857. The van der Waals surface area contributed by atoms with E-state index in [9.17, 15) is 9.90 Å². The summed E-state index contributed by atoms with van der Waals surface area (Å²) in [5.41, 5.74) is -0.405. The fourth-order valence-corrected chi connectivity index (χ4v) is 2.96. The van der Waals surface area contributed by atoms with Crippen LogP contribution in [0.3, 0.4) is 0 Å². The van der Waals surface area contributed by atoms with Gasteiger partial charge in [-0.1, -0.05) is 20.8 Å². The Kier molecular flexibility index (Phi) is 7.07. The predicted molar refractivity (Wildman–Crippen MR) is 82.7 cm³/mol. The Morgan fingerprint density at radius 1 is 1.35 bits per heavy atom. The molecule has 0 saturated heterocycles. The minimum Gasteiger partial charge on any atom is -0.562 e. The van der Waals surface area contributed by atoms with Crippen LogP contribution in [0.2, 0.25) is 18.1 Å². The summed E-state index contributed by atoms with van der Waals surface area (Å²) in [6.07, 6.45) is -1.13. The molecule has 0 heterocycles. The van der Waals surface area contributed by atoms with Gasteiger partial charge in [-0.3, -0.25) is 5.41 Å². The zero-order valence-corrected chi connectivity index (χ0v) is 14.7. The van der Waals surface area contributed by atoms with E-state index in [0.717, 1.165) is 0 Å². The van der Waals surface area contributed by atoms with Gasteiger partial charge in [-0.05, 0) is 22.2 Å². The van der Waals surface area contributed by atoms with Crippen molar-refractivity contribution in [1.29, 1.82) is 5.41 Å². The zero-order valence-electron chi connectivity index (χ0n) is 13.7. The first kappa shape index (κ1) is 19.3. The fourth-order valence-electron chi connectivity index (χ4n) is 1.50. The highest BCUT2D eigenvalue weighted by molar-refractivity contribution is 6.74. The Morgan fingerprint density at radius 2 is 1.85 bits per heavy atom. The van der Waals surface area contributed by atoms with Crippen LogP contribution < -0.4 is 0 Å². The molecule has 0 aliphatic heterocycles. The summed E-state index contributed by atoms with van der Waals surface area (Å²) >= 11 is 0. The second kappa shape index (κ2) is 7.33. The Bertz CT molecular complexity index is 350. The first-order valence-corrected chi connectivity index (χ1v) is 9.94. The normalized spacial score (nSPS) is 15.6. The highest BCUT2D eigenvalue weighted by Crippen LogP contribution is 2.37. The van der Waals surface area contributed by atoms with Gasteiger partial charge in [0.2, 0.25) is 0 Å². The van der Waals surface area contributed by atoms with Crippen molar-refractivity contribution in [3.63, 3.8) is 0 Å². The van der Waals surface area contributed by atoms with E-state index in [1.54, 1.807) is 6.92 Å². The summed E-state index contributed by atoms with van der Waals surface area (Å²) in [4.78, 5) is 11.4. The van der Waals surface area contributed by atoms with Gasteiger partial charge >= 0.3 is 5.97 Å². The number of esters is 1. The summed E-state index contributed by atoms with van der Waals surface area (Å²) in [5.74, 6) is -0.764. The minimum absolute atomic E-state index is 0.0842. The average molecular weight is 303 g/mol. The van der Waals surface area contributed by atoms with Crippen LogP contribution in [0.25, 0.3) is 0 Å². The smallest absolute Gasteiger partial charge is 0.354 e. The van der Waals surface area contributed by atoms with Crippen LogP contribution in [0.15, 0.2) is 0 Å². The molecule has 0 spiro atoms. The lowest BCUT2D eigenvalue weighted by Crippen LogP contribution is -2.44. The van der Waals surface area contributed by atoms with Crippen molar-refractivity contribution in [2.24, 2.45) is 0 Å². The molecular formula is C14H29NO4Si-. The van der Waals surface area contributed by atoms with E-state index in [2.05, 4.69) is 33.9 Å². The van der Waals surface area contributed by atoms with E-state index < -0.39 is 26.1 Å². The maximum Gasteiger partial charge on any atom is 0.354 e. The van der Waals surface area contributed by atoms with Crippen LogP contribution in [-0.2, 0) is 14.0 Å². The summed E-state index contributed by atoms with van der Waals surface area (Å²) in [7, 11) is -1.91. The van der Waals surface area contributed by atoms with E-state index in [-0.39, 0.29) is 24.2 Å². The molecule has 0 bridgehead atoms. The number of aliphatic hydroxyl groups excluding tert-OH is 1. The van der Waals surface area contributed by atoms with E-state index >= 15 is 0 Å². The van der Waals surface area contributed by atoms with E-state index in [4.69, 9.17) is 14.6 Å². The van der Waals surface area contributed by atoms with Gasteiger partial charge in [0.05, 0.1) is 6.61 Å². The van der Waals surface area contributed by atoms with Gasteiger partial charge in [0.1, 0.15) is 11.8 Å². The molecule has 20 heavy (non-hydrogen) atoms. The van der Waals surface area contributed by atoms with Crippen LogP contribution >= 0.6 is 0 Å². The molecular weight excluding hydrogens is 274 g/mol. The van der Waals surface area contributed by atoms with Gasteiger partial charge in [0.25, 0.3) is 0 Å². The Morgan fingerprint density at radius 3 is 2.25 bits per heavy atom. The number of hydrogen-bond donors (Lipinski definition) is 2. The lowest BCUT2D eigenvalue weighted by atomic mass is 10.1. The molecule has 0 fully saturated rings. The summed E-state index contributed by atoms with van der Waals surface area (Å²) in [6.45, 7) is 14.4. The third-order valence-electron chi connectivity index (χ3n) is 3.69. The molecule has 0 aliphatic rings. The highest BCUT2D eigenvalue weighted by Gasteiger charge is 2.28. The third-order valence-corrected chi connectivity index (χ3v) is 8.29. The zero-order chi connectivity index (χ0) is 16.1. The van der Waals surface area contributed by atoms with E-state index in [1.807, 2.05) is 6.92 Å². The molecule has 0 aromatic heterocycles. The van der Waals surface area contributed by atoms with Crippen molar-refractivity contribution in [3.8, 4) is 0 Å². The number of nitrogens with one attached hydrogen (secondary N) is 1. The molecule has 6 heteroatoms. The van der Waals surface area contributed by atoms with Crippen LogP contribution in [0.5, 0.6) is 0 Å². The molecule has 119 valence electrons. The Balaban J connectivity index is 4.51. The van der Waals surface area contributed by atoms with Crippen LogP contribution in [0.1, 0.15) is 41.0 Å². The summed E-state index contributed by atoms with van der Waals surface area (Å²) in [6, 6.07) is 0. The van der Waals surface area contributed by atoms with Gasteiger partial charge in [-0.15, -0.1) is 18.1 Å². The number of carbonyl (C=O) groups is 1. The van der Waals surface area contributed by atoms with E-state index in [0.29, 0.717) is 0 Å². The number of rotatable bonds is 7. The predicted octanol–water partition coefficient (Wildman–Crippen LogP) is 2.73. The van der Waals surface area contributed by atoms with Gasteiger partial charge in [-0.25, -0.2) is 4.79 Å². The molecule has 2 unspecified atom stereocenters. The number of carbonyl (C=O) groups excluding carboxylic acids is 1. The standard InChI is InChI=1S/C14H29NO4Si/c1-8-18-13(17)12(15)11(16)9-10(2)19-20(6,7)14(3,4)5/h10-11,15-16H,8-9H2,1-7H3/q-1. The quantitative estimate of drug-likeness (QED) is 0.430. The Hall–Kier alpha value is -0.723. The molecule has 0 saturated carbocycles. The van der Waals surface area contributed by atoms with Crippen LogP contribution in [-0.4, -0.2) is 43.9 Å².